The van der Waals surface area contributed by atoms with Gasteiger partial charge < -0.3 is 19.5 Å². The number of carbonyl (C=O) groups excluding carboxylic acids is 2. The van der Waals surface area contributed by atoms with Crippen molar-refractivity contribution in [2.45, 2.75) is 6.61 Å². The molecule has 0 aliphatic heterocycles. The van der Waals surface area contributed by atoms with Gasteiger partial charge in [0, 0.05) is 6.07 Å². The van der Waals surface area contributed by atoms with Crippen molar-refractivity contribution in [3.63, 3.8) is 0 Å². The third-order valence-electron chi connectivity index (χ3n) is 4.44. The van der Waals surface area contributed by atoms with E-state index in [0.29, 0.717) is 29.4 Å². The Morgan fingerprint density at radius 3 is 2.27 bits per heavy atom. The first-order valence-electron chi connectivity index (χ1n) is 9.82. The van der Waals surface area contributed by atoms with Crippen LogP contribution in [0.1, 0.15) is 11.1 Å². The molecule has 0 heterocycles. The fourth-order valence-corrected chi connectivity index (χ4v) is 2.70. The van der Waals surface area contributed by atoms with E-state index in [1.54, 1.807) is 48.5 Å². The molecule has 8 nitrogen and oxygen atoms in total. The number of halogens is 1. The topological polar surface area (TPSA) is 98.2 Å². The van der Waals surface area contributed by atoms with Crippen LogP contribution in [0, 0.1) is 5.82 Å². The summed E-state index contributed by atoms with van der Waals surface area (Å²) in [4.78, 5) is 24.2. The van der Waals surface area contributed by atoms with Crippen LogP contribution in [-0.4, -0.2) is 32.2 Å². The van der Waals surface area contributed by atoms with Crippen molar-refractivity contribution in [1.82, 2.24) is 5.43 Å². The molecular weight excluding hydrogens is 429 g/mol. The average molecular weight is 451 g/mol. The zero-order valence-corrected chi connectivity index (χ0v) is 18.0. The van der Waals surface area contributed by atoms with E-state index < -0.39 is 11.8 Å². The van der Waals surface area contributed by atoms with Crippen LogP contribution < -0.4 is 25.0 Å². The van der Waals surface area contributed by atoms with Crippen molar-refractivity contribution in [2.24, 2.45) is 5.10 Å². The van der Waals surface area contributed by atoms with Crippen molar-refractivity contribution in [3.05, 3.63) is 83.7 Å². The van der Waals surface area contributed by atoms with Gasteiger partial charge in [0.15, 0.2) is 0 Å². The van der Waals surface area contributed by atoms with E-state index in [4.69, 9.17) is 14.2 Å². The van der Waals surface area contributed by atoms with E-state index in [9.17, 15) is 14.0 Å². The van der Waals surface area contributed by atoms with Gasteiger partial charge in [0.1, 0.15) is 29.7 Å². The normalized spacial score (nSPS) is 10.5. The molecule has 9 heteroatoms. The molecule has 0 aliphatic rings. The number of hydrogen-bond acceptors (Lipinski definition) is 6. The van der Waals surface area contributed by atoms with Gasteiger partial charge >= 0.3 is 11.8 Å². The van der Waals surface area contributed by atoms with Gasteiger partial charge in [-0.2, -0.15) is 5.10 Å². The lowest BCUT2D eigenvalue weighted by Gasteiger charge is -2.11. The van der Waals surface area contributed by atoms with Crippen LogP contribution in [0.25, 0.3) is 0 Å². The SMILES string of the molecule is COc1ccc(OC)c(NC(=O)C(=O)N/N=C/c2ccc(OCc3ccc(F)cc3)cc2)c1. The maximum absolute atomic E-state index is 12.9. The standard InChI is InChI=1S/C24H22FN3O5/c1-31-20-11-12-22(32-2)21(13-20)27-23(29)24(30)28-26-14-16-5-9-19(10-6-16)33-15-17-3-7-18(25)8-4-17/h3-14H,15H2,1-2H3,(H,27,29)(H,28,30)/b26-14+. The Kier molecular flexibility index (Phi) is 7.96. The molecule has 0 saturated heterocycles. The number of nitrogens with zero attached hydrogens (tertiary/aromatic N) is 1. The van der Waals surface area contributed by atoms with Gasteiger partial charge in [0.25, 0.3) is 0 Å². The quantitative estimate of drug-likeness (QED) is 0.310. The summed E-state index contributed by atoms with van der Waals surface area (Å²) in [6, 6.07) is 17.8. The van der Waals surface area contributed by atoms with E-state index in [1.165, 1.54) is 38.6 Å². The highest BCUT2D eigenvalue weighted by atomic mass is 19.1. The zero-order valence-electron chi connectivity index (χ0n) is 18.0. The van der Waals surface area contributed by atoms with E-state index in [-0.39, 0.29) is 11.5 Å². The lowest BCUT2D eigenvalue weighted by molar-refractivity contribution is -0.136. The molecule has 3 aromatic rings. The minimum Gasteiger partial charge on any atom is -0.497 e. The number of rotatable bonds is 8. The lowest BCUT2D eigenvalue weighted by Crippen LogP contribution is -2.32. The molecule has 0 aliphatic carbocycles. The Morgan fingerprint density at radius 2 is 1.61 bits per heavy atom. The predicted octanol–water partition coefficient (Wildman–Crippen LogP) is 3.51. The van der Waals surface area contributed by atoms with Gasteiger partial charge in [-0.05, 0) is 59.7 Å². The molecule has 2 amide bonds. The Bertz CT molecular complexity index is 1130. The first-order valence-corrected chi connectivity index (χ1v) is 9.82. The maximum Gasteiger partial charge on any atom is 0.329 e. The van der Waals surface area contributed by atoms with E-state index in [2.05, 4.69) is 15.8 Å². The van der Waals surface area contributed by atoms with Crippen LogP contribution in [0.2, 0.25) is 0 Å². The third-order valence-corrected chi connectivity index (χ3v) is 4.44. The summed E-state index contributed by atoms with van der Waals surface area (Å²) in [5.74, 6) is -0.672. The highest BCUT2D eigenvalue weighted by Crippen LogP contribution is 2.28. The number of amides is 2. The summed E-state index contributed by atoms with van der Waals surface area (Å²) in [6.07, 6.45) is 1.39. The monoisotopic (exact) mass is 451 g/mol. The second-order valence-corrected chi connectivity index (χ2v) is 6.70. The molecule has 3 aromatic carbocycles. The second kappa shape index (κ2) is 11.3. The molecule has 0 spiro atoms. The van der Waals surface area contributed by atoms with Crippen LogP contribution >= 0.6 is 0 Å². The van der Waals surface area contributed by atoms with Crippen LogP contribution in [0.4, 0.5) is 10.1 Å². The molecule has 0 atom stereocenters. The zero-order chi connectivity index (χ0) is 23.6. The predicted molar refractivity (Wildman–Crippen MR) is 121 cm³/mol. The number of hydrazone groups is 1. The maximum atomic E-state index is 12.9. The number of ether oxygens (including phenoxy) is 3. The summed E-state index contributed by atoms with van der Waals surface area (Å²) >= 11 is 0. The first-order chi connectivity index (χ1) is 16.0. The summed E-state index contributed by atoms with van der Waals surface area (Å²) in [5, 5.41) is 6.25. The van der Waals surface area contributed by atoms with Crippen molar-refractivity contribution < 1.29 is 28.2 Å². The number of hydrogen-bond donors (Lipinski definition) is 2. The largest absolute Gasteiger partial charge is 0.497 e. The highest BCUT2D eigenvalue weighted by molar-refractivity contribution is 6.39. The fraction of sp³-hybridized carbons (Fsp3) is 0.125. The summed E-state index contributed by atoms with van der Waals surface area (Å²) in [6.45, 7) is 0.303. The fourth-order valence-electron chi connectivity index (χ4n) is 2.70. The van der Waals surface area contributed by atoms with Crippen LogP contribution in [0.3, 0.4) is 0 Å². The molecule has 0 radical (unpaired) electrons. The Hall–Kier alpha value is -4.40. The van der Waals surface area contributed by atoms with Gasteiger partial charge in [-0.25, -0.2) is 9.82 Å². The minimum atomic E-state index is -0.949. The van der Waals surface area contributed by atoms with Gasteiger partial charge in [-0.15, -0.1) is 0 Å². The first kappa shape index (κ1) is 23.3. The minimum absolute atomic E-state index is 0.289. The molecule has 170 valence electrons. The Labute approximate surface area is 190 Å². The van der Waals surface area contributed by atoms with E-state index in [1.807, 2.05) is 0 Å². The Morgan fingerprint density at radius 1 is 0.909 bits per heavy atom. The van der Waals surface area contributed by atoms with E-state index in [0.717, 1.165) is 5.56 Å². The summed E-state index contributed by atoms with van der Waals surface area (Å²) in [5.41, 5.74) is 3.98. The van der Waals surface area contributed by atoms with Crippen molar-refractivity contribution in [3.8, 4) is 17.2 Å². The summed E-state index contributed by atoms with van der Waals surface area (Å²) in [7, 11) is 2.93. The number of anilines is 1. The number of benzene rings is 3. The van der Waals surface area contributed by atoms with Gasteiger partial charge in [0.05, 0.1) is 26.1 Å². The molecular formula is C24H22FN3O5. The number of carbonyl (C=O) groups is 2. The number of methoxy groups -OCH3 is 2. The average Bonchev–Trinajstić information content (AvgIpc) is 2.84. The smallest absolute Gasteiger partial charge is 0.329 e. The molecule has 0 saturated carbocycles. The van der Waals surface area contributed by atoms with Crippen LogP contribution in [0.5, 0.6) is 17.2 Å². The second-order valence-electron chi connectivity index (χ2n) is 6.70. The van der Waals surface area contributed by atoms with Gasteiger partial charge in [0.2, 0.25) is 0 Å². The lowest BCUT2D eigenvalue weighted by atomic mass is 10.2. The highest BCUT2D eigenvalue weighted by Gasteiger charge is 2.16. The number of nitrogens with one attached hydrogen (secondary N) is 2. The van der Waals surface area contributed by atoms with Gasteiger partial charge in [-0.1, -0.05) is 12.1 Å². The third kappa shape index (κ3) is 6.79. The Balaban J connectivity index is 1.50. The molecule has 3 rings (SSSR count). The van der Waals surface area contributed by atoms with Crippen LogP contribution in [0.15, 0.2) is 71.8 Å². The van der Waals surface area contributed by atoms with E-state index >= 15 is 0 Å². The molecule has 0 aromatic heterocycles. The van der Waals surface area contributed by atoms with Crippen molar-refractivity contribution in [2.75, 3.05) is 19.5 Å². The molecule has 0 bridgehead atoms. The molecule has 0 fully saturated rings. The van der Waals surface area contributed by atoms with Crippen LogP contribution in [-0.2, 0) is 16.2 Å². The van der Waals surface area contributed by atoms with Gasteiger partial charge in [-0.3, -0.25) is 9.59 Å². The van der Waals surface area contributed by atoms with Crippen molar-refractivity contribution >= 4 is 23.7 Å². The summed E-state index contributed by atoms with van der Waals surface area (Å²) < 4.78 is 28.9. The molecule has 0 unspecified atom stereocenters. The molecule has 33 heavy (non-hydrogen) atoms. The van der Waals surface area contributed by atoms with Crippen molar-refractivity contribution in [1.29, 1.82) is 0 Å². The molecule has 2 N–H and O–H groups in total.